The minimum Gasteiger partial charge on any atom is -0.390 e. The van der Waals surface area contributed by atoms with Crippen molar-refractivity contribution in [1.82, 2.24) is 0 Å². The zero-order chi connectivity index (χ0) is 12.1. The highest BCUT2D eigenvalue weighted by Gasteiger charge is 2.22. The lowest BCUT2D eigenvalue weighted by atomic mass is 9.98. The Kier molecular flexibility index (Phi) is 4.74. The van der Waals surface area contributed by atoms with Crippen LogP contribution in [0, 0.1) is 17.1 Å². The van der Waals surface area contributed by atoms with Gasteiger partial charge in [0, 0.05) is 5.56 Å². The third kappa shape index (κ3) is 2.73. The minimum atomic E-state index is -1.27. The highest BCUT2D eigenvalue weighted by Crippen LogP contribution is 2.24. The van der Waals surface area contributed by atoms with Crippen LogP contribution in [0.3, 0.4) is 0 Å². The lowest BCUT2D eigenvalue weighted by Gasteiger charge is -2.18. The van der Waals surface area contributed by atoms with E-state index in [4.69, 9.17) is 5.26 Å². The second-order valence-corrected chi connectivity index (χ2v) is 3.79. The van der Waals surface area contributed by atoms with Crippen LogP contribution in [0.2, 0.25) is 0 Å². The van der Waals surface area contributed by atoms with Gasteiger partial charge in [-0.1, -0.05) is 12.1 Å². The predicted molar refractivity (Wildman–Crippen MR) is 60.6 cm³/mol. The zero-order valence-corrected chi connectivity index (χ0v) is 9.36. The Balaban J connectivity index is 3.04. The van der Waals surface area contributed by atoms with E-state index >= 15 is 0 Å². The molecule has 2 N–H and O–H groups in total. The van der Waals surface area contributed by atoms with E-state index < -0.39 is 18.0 Å². The third-order valence-electron chi connectivity index (χ3n) is 2.27. The van der Waals surface area contributed by atoms with Gasteiger partial charge in [0.15, 0.2) is 0 Å². The fourth-order valence-corrected chi connectivity index (χ4v) is 1.67. The molecule has 1 aromatic carbocycles. The second-order valence-electron chi connectivity index (χ2n) is 3.34. The first-order valence-electron chi connectivity index (χ1n) is 4.77. The summed E-state index contributed by atoms with van der Waals surface area (Å²) in [5.41, 5.74) is -0.120. The molecular weight excluding hydrogens is 229 g/mol. The van der Waals surface area contributed by atoms with Crippen molar-refractivity contribution in [3.63, 3.8) is 0 Å². The molecule has 86 valence electrons. The van der Waals surface area contributed by atoms with Crippen molar-refractivity contribution in [1.29, 1.82) is 5.26 Å². The summed E-state index contributed by atoms with van der Waals surface area (Å²) in [7, 11) is 0. The first-order valence-corrected chi connectivity index (χ1v) is 5.40. The molecule has 0 heterocycles. The lowest BCUT2D eigenvalue weighted by molar-refractivity contribution is 0.0169. The van der Waals surface area contributed by atoms with Crippen LogP contribution >= 0.6 is 12.6 Å². The standard InChI is InChI=1S/C11H12FNO2S/c12-9-3-1-2-7(8(9)6-13)11(15)10(14)4-5-16/h1-3,10-11,14-16H,4-5H2. The molecule has 3 nitrogen and oxygen atoms in total. The predicted octanol–water partition coefficient (Wildman–Crippen LogP) is 1.41. The van der Waals surface area contributed by atoms with Gasteiger partial charge in [-0.05, 0) is 18.2 Å². The highest BCUT2D eigenvalue weighted by atomic mass is 32.1. The maximum atomic E-state index is 13.2. The Morgan fingerprint density at radius 2 is 2.12 bits per heavy atom. The molecule has 0 spiro atoms. The van der Waals surface area contributed by atoms with Crippen molar-refractivity contribution in [3.8, 4) is 6.07 Å². The molecule has 0 saturated carbocycles. The largest absolute Gasteiger partial charge is 0.390 e. The van der Waals surface area contributed by atoms with Gasteiger partial charge in [0.25, 0.3) is 0 Å². The average Bonchev–Trinajstić information content (AvgIpc) is 2.28. The number of aliphatic hydroxyl groups excluding tert-OH is 2. The number of nitriles is 1. The number of halogens is 1. The van der Waals surface area contributed by atoms with Crippen molar-refractivity contribution < 1.29 is 14.6 Å². The molecule has 16 heavy (non-hydrogen) atoms. The van der Waals surface area contributed by atoms with E-state index in [-0.39, 0.29) is 17.5 Å². The van der Waals surface area contributed by atoms with Gasteiger partial charge in [-0.2, -0.15) is 17.9 Å². The number of aliphatic hydroxyl groups is 2. The van der Waals surface area contributed by atoms with Gasteiger partial charge in [0.05, 0.1) is 11.7 Å². The van der Waals surface area contributed by atoms with Gasteiger partial charge in [-0.15, -0.1) is 0 Å². The van der Waals surface area contributed by atoms with Gasteiger partial charge in [0.2, 0.25) is 0 Å². The molecule has 0 aliphatic heterocycles. The van der Waals surface area contributed by atoms with Crippen LogP contribution in [0.15, 0.2) is 18.2 Å². The number of nitrogens with zero attached hydrogens (tertiary/aromatic N) is 1. The quantitative estimate of drug-likeness (QED) is 0.698. The van der Waals surface area contributed by atoms with Gasteiger partial charge in [-0.3, -0.25) is 0 Å². The molecule has 0 amide bonds. The van der Waals surface area contributed by atoms with Crippen LogP contribution in [0.1, 0.15) is 23.7 Å². The third-order valence-corrected chi connectivity index (χ3v) is 2.52. The first-order chi connectivity index (χ1) is 7.61. The summed E-state index contributed by atoms with van der Waals surface area (Å²) in [6.45, 7) is 0. The number of benzene rings is 1. The van der Waals surface area contributed by atoms with Gasteiger partial charge >= 0.3 is 0 Å². The van der Waals surface area contributed by atoms with E-state index in [9.17, 15) is 14.6 Å². The van der Waals surface area contributed by atoms with Crippen molar-refractivity contribution >= 4 is 12.6 Å². The van der Waals surface area contributed by atoms with Crippen molar-refractivity contribution in [2.75, 3.05) is 5.75 Å². The molecule has 2 atom stereocenters. The summed E-state index contributed by atoms with van der Waals surface area (Å²) >= 11 is 3.93. The smallest absolute Gasteiger partial charge is 0.141 e. The Labute approximate surface area is 98.6 Å². The number of hydrogen-bond acceptors (Lipinski definition) is 4. The maximum absolute atomic E-state index is 13.2. The number of thiol groups is 1. The summed E-state index contributed by atoms with van der Waals surface area (Å²) in [6.07, 6.45) is -2.05. The molecule has 0 bridgehead atoms. The summed E-state index contributed by atoms with van der Waals surface area (Å²) < 4.78 is 13.2. The van der Waals surface area contributed by atoms with Crippen LogP contribution in [0.25, 0.3) is 0 Å². The molecule has 0 fully saturated rings. The molecule has 0 aliphatic rings. The molecule has 1 aromatic rings. The monoisotopic (exact) mass is 241 g/mol. The molecule has 5 heteroatoms. The summed E-state index contributed by atoms with van der Waals surface area (Å²) in [6, 6.07) is 5.63. The normalized spacial score (nSPS) is 14.2. The SMILES string of the molecule is N#Cc1c(F)cccc1C(O)C(O)CCS. The van der Waals surface area contributed by atoms with Crippen molar-refractivity contribution in [2.24, 2.45) is 0 Å². The van der Waals surface area contributed by atoms with E-state index in [1.165, 1.54) is 12.1 Å². The highest BCUT2D eigenvalue weighted by molar-refractivity contribution is 7.80. The lowest BCUT2D eigenvalue weighted by Crippen LogP contribution is -2.20. The van der Waals surface area contributed by atoms with Gasteiger partial charge in [-0.25, -0.2) is 4.39 Å². The Bertz CT molecular complexity index is 405. The summed E-state index contributed by atoms with van der Waals surface area (Å²) in [5.74, 6) is -0.299. The number of rotatable bonds is 4. The van der Waals surface area contributed by atoms with Crippen molar-refractivity contribution in [2.45, 2.75) is 18.6 Å². The summed E-state index contributed by atoms with van der Waals surface area (Å²) in [5, 5.41) is 28.1. The first kappa shape index (κ1) is 13.0. The van der Waals surface area contributed by atoms with E-state index in [0.29, 0.717) is 5.75 Å². The molecule has 0 aromatic heterocycles. The van der Waals surface area contributed by atoms with Crippen LogP contribution in [0.4, 0.5) is 4.39 Å². The fraction of sp³-hybridized carbons (Fsp3) is 0.364. The topological polar surface area (TPSA) is 64.2 Å². The van der Waals surface area contributed by atoms with E-state index in [0.717, 1.165) is 6.07 Å². The maximum Gasteiger partial charge on any atom is 0.141 e. The summed E-state index contributed by atoms with van der Waals surface area (Å²) in [4.78, 5) is 0. The Morgan fingerprint density at radius 1 is 1.44 bits per heavy atom. The van der Waals surface area contributed by atoms with Crippen LogP contribution < -0.4 is 0 Å². The zero-order valence-electron chi connectivity index (χ0n) is 8.47. The number of hydrogen-bond donors (Lipinski definition) is 3. The molecule has 1 rings (SSSR count). The average molecular weight is 241 g/mol. The molecule has 0 radical (unpaired) electrons. The van der Waals surface area contributed by atoms with Crippen LogP contribution in [-0.4, -0.2) is 22.1 Å². The second kappa shape index (κ2) is 5.85. The minimum absolute atomic E-state index is 0.108. The van der Waals surface area contributed by atoms with Gasteiger partial charge < -0.3 is 10.2 Å². The molecule has 0 aliphatic carbocycles. The molecule has 0 saturated heterocycles. The van der Waals surface area contributed by atoms with E-state index in [1.54, 1.807) is 6.07 Å². The Hall–Kier alpha value is -1.09. The Morgan fingerprint density at radius 3 is 2.69 bits per heavy atom. The van der Waals surface area contributed by atoms with E-state index in [2.05, 4.69) is 12.6 Å². The molecular formula is C11H12FNO2S. The fourth-order valence-electron chi connectivity index (χ4n) is 1.40. The van der Waals surface area contributed by atoms with Crippen molar-refractivity contribution in [3.05, 3.63) is 35.1 Å². The van der Waals surface area contributed by atoms with Crippen LogP contribution in [-0.2, 0) is 0 Å². The molecule has 2 unspecified atom stereocenters. The van der Waals surface area contributed by atoms with Crippen LogP contribution in [0.5, 0.6) is 0 Å². The van der Waals surface area contributed by atoms with E-state index in [1.807, 2.05) is 0 Å². The van der Waals surface area contributed by atoms with Gasteiger partial charge in [0.1, 0.15) is 18.0 Å².